The van der Waals surface area contributed by atoms with E-state index in [9.17, 15) is 4.79 Å². The lowest BCUT2D eigenvalue weighted by Gasteiger charge is -2.24. The topological polar surface area (TPSA) is 66.9 Å². The molecule has 0 atom stereocenters. The molecule has 5 nitrogen and oxygen atoms in total. The van der Waals surface area contributed by atoms with Crippen LogP contribution in [0.15, 0.2) is 60.9 Å². The van der Waals surface area contributed by atoms with E-state index in [-0.39, 0.29) is 11.4 Å². The average molecular weight is 374 g/mol. The Hall–Kier alpha value is -3.21. The molecular formula is C23H26N4O. The largest absolute Gasteiger partial charge is 0.347 e. The lowest BCUT2D eigenvalue weighted by atomic mass is 10.0. The molecule has 1 heterocycles. The van der Waals surface area contributed by atoms with E-state index in [1.807, 2.05) is 56.3 Å². The standard InChI is InChI=1S/C23H26N4O/c1-5-23(3,4)27-22(28)18-7-6-8-19(13-18)26-21-14-20(24-15-25-21)17-11-9-16(2)10-12-17/h6-15H,5H2,1-4H3,(H,27,28)(H,24,25,26). The van der Waals surface area contributed by atoms with Crippen LogP contribution >= 0.6 is 0 Å². The number of amides is 1. The molecule has 0 aliphatic rings. The maximum absolute atomic E-state index is 12.5. The van der Waals surface area contributed by atoms with E-state index in [1.165, 1.54) is 11.9 Å². The van der Waals surface area contributed by atoms with Gasteiger partial charge in [-0.3, -0.25) is 4.79 Å². The van der Waals surface area contributed by atoms with Crippen molar-refractivity contribution in [1.29, 1.82) is 0 Å². The maximum atomic E-state index is 12.5. The van der Waals surface area contributed by atoms with Crippen molar-refractivity contribution in [3.63, 3.8) is 0 Å². The number of aryl methyl sites for hydroxylation is 1. The number of hydrogen-bond donors (Lipinski definition) is 2. The number of benzene rings is 2. The van der Waals surface area contributed by atoms with Gasteiger partial charge in [0.25, 0.3) is 5.91 Å². The normalized spacial score (nSPS) is 11.1. The molecule has 0 aliphatic carbocycles. The first kappa shape index (κ1) is 19.5. The number of nitrogens with zero attached hydrogens (tertiary/aromatic N) is 2. The molecule has 0 unspecified atom stereocenters. The monoisotopic (exact) mass is 374 g/mol. The molecule has 0 aliphatic heterocycles. The first-order valence-corrected chi connectivity index (χ1v) is 9.45. The maximum Gasteiger partial charge on any atom is 0.251 e. The Balaban J connectivity index is 1.78. The van der Waals surface area contributed by atoms with Crippen molar-refractivity contribution in [2.24, 2.45) is 0 Å². The molecule has 0 radical (unpaired) electrons. The van der Waals surface area contributed by atoms with E-state index in [4.69, 9.17) is 0 Å². The van der Waals surface area contributed by atoms with E-state index < -0.39 is 0 Å². The molecule has 0 saturated heterocycles. The fourth-order valence-electron chi connectivity index (χ4n) is 2.66. The molecule has 1 amide bonds. The lowest BCUT2D eigenvalue weighted by molar-refractivity contribution is 0.0911. The summed E-state index contributed by atoms with van der Waals surface area (Å²) in [5, 5.41) is 6.32. The Morgan fingerprint density at radius 2 is 1.79 bits per heavy atom. The summed E-state index contributed by atoms with van der Waals surface area (Å²) in [6.07, 6.45) is 2.40. The van der Waals surface area contributed by atoms with Crippen LogP contribution in [0.1, 0.15) is 43.1 Å². The van der Waals surface area contributed by atoms with Crippen LogP contribution in [-0.2, 0) is 0 Å². The van der Waals surface area contributed by atoms with Gasteiger partial charge in [-0.25, -0.2) is 9.97 Å². The van der Waals surface area contributed by atoms with Crippen LogP contribution in [0.25, 0.3) is 11.3 Å². The Bertz CT molecular complexity index is 964. The highest BCUT2D eigenvalue weighted by atomic mass is 16.1. The van der Waals surface area contributed by atoms with Crippen LogP contribution in [0.4, 0.5) is 11.5 Å². The minimum Gasteiger partial charge on any atom is -0.347 e. The van der Waals surface area contributed by atoms with Gasteiger partial charge in [0.05, 0.1) is 5.69 Å². The predicted molar refractivity (Wildman–Crippen MR) is 114 cm³/mol. The van der Waals surface area contributed by atoms with Crippen LogP contribution in [0.5, 0.6) is 0 Å². The molecule has 2 aromatic carbocycles. The summed E-state index contributed by atoms with van der Waals surface area (Å²) < 4.78 is 0. The summed E-state index contributed by atoms with van der Waals surface area (Å²) in [5.74, 6) is 0.593. The minimum atomic E-state index is -0.240. The summed E-state index contributed by atoms with van der Waals surface area (Å²) >= 11 is 0. The Morgan fingerprint density at radius 1 is 1.04 bits per heavy atom. The molecule has 1 aromatic heterocycles. The number of carbonyl (C=O) groups excluding carboxylic acids is 1. The van der Waals surface area contributed by atoms with Gasteiger partial charge in [-0.15, -0.1) is 0 Å². The Kier molecular flexibility index (Phi) is 5.73. The van der Waals surface area contributed by atoms with Crippen LogP contribution in [0, 0.1) is 6.92 Å². The van der Waals surface area contributed by atoms with Crippen LogP contribution in [0.3, 0.4) is 0 Å². The quantitative estimate of drug-likeness (QED) is 0.629. The highest BCUT2D eigenvalue weighted by Crippen LogP contribution is 2.22. The molecular weight excluding hydrogens is 348 g/mol. The van der Waals surface area contributed by atoms with E-state index in [0.29, 0.717) is 11.4 Å². The van der Waals surface area contributed by atoms with Crippen LogP contribution in [-0.4, -0.2) is 21.4 Å². The smallest absolute Gasteiger partial charge is 0.251 e. The second kappa shape index (κ2) is 8.21. The number of anilines is 2. The van der Waals surface area contributed by atoms with E-state index in [0.717, 1.165) is 23.4 Å². The average Bonchev–Trinajstić information content (AvgIpc) is 2.69. The predicted octanol–water partition coefficient (Wildman–Crippen LogP) is 5.11. The number of carbonyl (C=O) groups is 1. The van der Waals surface area contributed by atoms with Crippen molar-refractivity contribution >= 4 is 17.4 Å². The second-order valence-electron chi connectivity index (χ2n) is 7.55. The minimum absolute atomic E-state index is 0.0847. The Labute approximate surface area is 166 Å². The molecule has 0 bridgehead atoms. The van der Waals surface area contributed by atoms with Crippen molar-refractivity contribution in [3.05, 3.63) is 72.1 Å². The van der Waals surface area contributed by atoms with E-state index >= 15 is 0 Å². The van der Waals surface area contributed by atoms with Crippen LogP contribution in [0.2, 0.25) is 0 Å². The zero-order valence-electron chi connectivity index (χ0n) is 16.8. The van der Waals surface area contributed by atoms with Crippen molar-refractivity contribution in [1.82, 2.24) is 15.3 Å². The zero-order valence-corrected chi connectivity index (χ0v) is 16.8. The van der Waals surface area contributed by atoms with Gasteiger partial charge in [-0.2, -0.15) is 0 Å². The van der Waals surface area contributed by atoms with Gasteiger partial charge in [0, 0.05) is 28.4 Å². The SMILES string of the molecule is CCC(C)(C)NC(=O)c1cccc(Nc2cc(-c3ccc(C)cc3)ncn2)c1. The zero-order chi connectivity index (χ0) is 20.1. The molecule has 144 valence electrons. The molecule has 0 saturated carbocycles. The van der Waals surface area contributed by atoms with Gasteiger partial charge in [-0.05, 0) is 45.4 Å². The van der Waals surface area contributed by atoms with Gasteiger partial charge in [0.15, 0.2) is 0 Å². The molecule has 0 fully saturated rings. The third-order valence-corrected chi connectivity index (χ3v) is 4.75. The third kappa shape index (κ3) is 4.94. The fraction of sp³-hybridized carbons (Fsp3) is 0.261. The first-order chi connectivity index (χ1) is 13.4. The van der Waals surface area contributed by atoms with Gasteiger partial charge in [0.1, 0.15) is 12.1 Å². The molecule has 2 N–H and O–H groups in total. The van der Waals surface area contributed by atoms with E-state index in [2.05, 4.69) is 46.6 Å². The first-order valence-electron chi connectivity index (χ1n) is 9.45. The highest BCUT2D eigenvalue weighted by molar-refractivity contribution is 5.95. The lowest BCUT2D eigenvalue weighted by Crippen LogP contribution is -2.42. The summed E-state index contributed by atoms with van der Waals surface area (Å²) in [7, 11) is 0. The molecule has 5 heteroatoms. The molecule has 0 spiro atoms. The Morgan fingerprint density at radius 3 is 2.50 bits per heavy atom. The number of aromatic nitrogens is 2. The molecule has 28 heavy (non-hydrogen) atoms. The van der Waals surface area contributed by atoms with Gasteiger partial charge in [0.2, 0.25) is 0 Å². The third-order valence-electron chi connectivity index (χ3n) is 4.75. The molecule has 3 rings (SSSR count). The van der Waals surface area contributed by atoms with Crippen molar-refractivity contribution in [3.8, 4) is 11.3 Å². The summed E-state index contributed by atoms with van der Waals surface area (Å²) in [6, 6.07) is 17.5. The fourth-order valence-corrected chi connectivity index (χ4v) is 2.66. The van der Waals surface area contributed by atoms with Crippen molar-refractivity contribution in [2.75, 3.05) is 5.32 Å². The highest BCUT2D eigenvalue weighted by Gasteiger charge is 2.18. The van der Waals surface area contributed by atoms with Crippen molar-refractivity contribution < 1.29 is 4.79 Å². The van der Waals surface area contributed by atoms with Gasteiger partial charge >= 0.3 is 0 Å². The number of nitrogens with one attached hydrogen (secondary N) is 2. The second-order valence-corrected chi connectivity index (χ2v) is 7.55. The summed E-state index contributed by atoms with van der Waals surface area (Å²) in [5.41, 5.74) is 4.25. The van der Waals surface area contributed by atoms with Gasteiger partial charge < -0.3 is 10.6 Å². The number of rotatable bonds is 6. The van der Waals surface area contributed by atoms with Crippen molar-refractivity contribution in [2.45, 2.75) is 39.7 Å². The van der Waals surface area contributed by atoms with E-state index in [1.54, 1.807) is 0 Å². The molecule has 3 aromatic rings. The summed E-state index contributed by atoms with van der Waals surface area (Å²) in [4.78, 5) is 21.2. The van der Waals surface area contributed by atoms with Gasteiger partial charge in [-0.1, -0.05) is 42.8 Å². The summed E-state index contributed by atoms with van der Waals surface area (Å²) in [6.45, 7) is 8.14. The van der Waals surface area contributed by atoms with Crippen LogP contribution < -0.4 is 10.6 Å². The number of hydrogen-bond acceptors (Lipinski definition) is 4.